The number of aliphatic hydroxyl groups is 1. The summed E-state index contributed by atoms with van der Waals surface area (Å²) in [6.07, 6.45) is -2.36. The molecule has 2 fully saturated rings. The summed E-state index contributed by atoms with van der Waals surface area (Å²) in [6.45, 7) is 2.86. The first-order valence-electron chi connectivity index (χ1n) is 9.39. The van der Waals surface area contributed by atoms with Crippen LogP contribution in [0.4, 0.5) is 17.6 Å². The number of halogens is 5. The molecule has 0 saturated carbocycles. The van der Waals surface area contributed by atoms with Crippen molar-refractivity contribution in [3.8, 4) is 0 Å². The van der Waals surface area contributed by atoms with Crippen molar-refractivity contribution in [1.29, 1.82) is 0 Å². The van der Waals surface area contributed by atoms with Gasteiger partial charge in [-0.15, -0.1) is 0 Å². The summed E-state index contributed by atoms with van der Waals surface area (Å²) >= 11 is 0. The molecular weight excluding hydrogens is 540 g/mol. The molecule has 34 heavy (non-hydrogen) atoms. The second-order valence-corrected chi connectivity index (χ2v) is 6.72. The van der Waals surface area contributed by atoms with Crippen LogP contribution in [0.15, 0.2) is 24.3 Å². The van der Waals surface area contributed by atoms with Crippen LogP contribution < -0.4 is 17.0 Å². The van der Waals surface area contributed by atoms with Gasteiger partial charge in [0, 0.05) is 28.8 Å². The van der Waals surface area contributed by atoms with Gasteiger partial charge < -0.3 is 48.5 Å². The summed E-state index contributed by atoms with van der Waals surface area (Å²) in [6, 6.07) is 3.56. The quantitative estimate of drug-likeness (QED) is 0.259. The van der Waals surface area contributed by atoms with E-state index in [9.17, 15) is 27.5 Å². The molecule has 2 aromatic carbocycles. The van der Waals surface area contributed by atoms with E-state index in [0.29, 0.717) is 38.8 Å². The molecule has 6 nitrogen and oxygen atoms in total. The topological polar surface area (TPSA) is 74.2 Å². The molecule has 1 N–H and O–H groups in total. The van der Waals surface area contributed by atoms with E-state index in [2.05, 4.69) is 0 Å². The molecule has 4 rings (SSSR count). The smallest absolute Gasteiger partial charge is 1.00 e. The molecule has 184 valence electrons. The number of benzene rings is 2. The molecule has 0 aliphatic carbocycles. The van der Waals surface area contributed by atoms with Gasteiger partial charge in [-0.05, 0) is 19.1 Å². The van der Waals surface area contributed by atoms with Crippen LogP contribution in [0.2, 0.25) is 0 Å². The molecule has 0 amide bonds. The Morgan fingerprint density at radius 3 is 1.71 bits per heavy atom. The first-order valence-corrected chi connectivity index (χ1v) is 9.39. The molecule has 2 aliphatic heterocycles. The van der Waals surface area contributed by atoms with Gasteiger partial charge in [0.2, 0.25) is 0 Å². The Balaban J connectivity index is 0.000000590. The Morgan fingerprint density at radius 2 is 1.26 bits per heavy atom. The fourth-order valence-corrected chi connectivity index (χ4v) is 3.24. The first kappa shape index (κ1) is 32.9. The second kappa shape index (κ2) is 15.1. The number of carbonyl (C=O) groups excluding carboxylic acids is 1. The Kier molecular flexibility index (Phi) is 14.6. The van der Waals surface area contributed by atoms with Crippen molar-refractivity contribution in [2.24, 2.45) is 0 Å². The maximum absolute atomic E-state index is 13.5. The largest absolute Gasteiger partial charge is 2.00 e. The van der Waals surface area contributed by atoms with Crippen LogP contribution in [0, 0.1) is 30.7 Å². The minimum absolute atomic E-state index is 0. The molecule has 2 saturated heterocycles. The Hall–Kier alpha value is -1.12. The fourth-order valence-electron chi connectivity index (χ4n) is 3.24. The van der Waals surface area contributed by atoms with Crippen LogP contribution in [-0.4, -0.2) is 60.9 Å². The van der Waals surface area contributed by atoms with Crippen LogP contribution in [0.3, 0.4) is 0 Å². The number of aliphatic hydroxyl groups excluding tert-OH is 1. The zero-order valence-corrected chi connectivity index (χ0v) is 21.5. The molecule has 0 bridgehead atoms. The third-order valence-electron chi connectivity index (χ3n) is 4.54. The summed E-state index contributed by atoms with van der Waals surface area (Å²) in [5.74, 6) is -3.16. The van der Waals surface area contributed by atoms with Gasteiger partial charge in [-0.1, -0.05) is 0 Å². The summed E-state index contributed by atoms with van der Waals surface area (Å²) in [5.41, 5.74) is 0.113. The number of hydrogen-bond donors (Lipinski definition) is 1. The van der Waals surface area contributed by atoms with Gasteiger partial charge in [0.15, 0.2) is 18.9 Å². The van der Waals surface area contributed by atoms with Crippen molar-refractivity contribution in [2.75, 3.05) is 26.4 Å². The van der Waals surface area contributed by atoms with Gasteiger partial charge in [-0.2, -0.15) is 0 Å². The van der Waals surface area contributed by atoms with E-state index in [4.69, 9.17) is 18.9 Å². The summed E-state index contributed by atoms with van der Waals surface area (Å²) in [5, 5.41) is 9.46. The molecule has 0 radical (unpaired) electrons. The Labute approximate surface area is 221 Å². The van der Waals surface area contributed by atoms with Gasteiger partial charge in [-0.3, -0.25) is 4.79 Å². The number of hydrogen-bond acceptors (Lipinski definition) is 6. The van der Waals surface area contributed by atoms with Crippen LogP contribution in [-0.2, 0) is 18.9 Å². The second-order valence-electron chi connectivity index (χ2n) is 6.72. The maximum Gasteiger partial charge on any atom is 2.00 e. The number of carbonyl (C=O) groups is 1. The average Bonchev–Trinajstić information content (AvgIpc) is 3.41. The molecule has 12 heteroatoms. The summed E-state index contributed by atoms with van der Waals surface area (Å²) < 4.78 is 73.2. The fraction of sp³-hybridized carbons (Fsp3) is 0.364. The van der Waals surface area contributed by atoms with Crippen molar-refractivity contribution in [3.63, 3.8) is 0 Å². The van der Waals surface area contributed by atoms with Crippen molar-refractivity contribution < 1.29 is 63.4 Å². The molecule has 2 heterocycles. The van der Waals surface area contributed by atoms with Crippen LogP contribution in [0.5, 0.6) is 0 Å². The molecule has 1 atom stereocenters. The van der Waals surface area contributed by atoms with Crippen LogP contribution >= 0.6 is 0 Å². The number of rotatable bonds is 4. The molecule has 2 aromatic rings. The molecule has 0 spiro atoms. The predicted octanol–water partition coefficient (Wildman–Crippen LogP) is 0.960. The van der Waals surface area contributed by atoms with E-state index in [1.54, 1.807) is 0 Å². The van der Waals surface area contributed by atoms with Gasteiger partial charge in [0.25, 0.3) is 0 Å². The number of ether oxygens (including phenoxy) is 4. The van der Waals surface area contributed by atoms with E-state index >= 15 is 0 Å². The normalized spacial score (nSPS) is 16.4. The third kappa shape index (κ3) is 7.95. The Bertz CT molecular complexity index is 938. The van der Waals surface area contributed by atoms with E-state index in [-0.39, 0.29) is 69.7 Å². The maximum atomic E-state index is 13.5. The van der Waals surface area contributed by atoms with Gasteiger partial charge in [0.1, 0.15) is 23.3 Å². The number of aldehydes is 1. The van der Waals surface area contributed by atoms with Crippen molar-refractivity contribution >= 4 is 29.3 Å². The van der Waals surface area contributed by atoms with Crippen molar-refractivity contribution in [2.45, 2.75) is 25.6 Å². The monoisotopic (exact) mass is 562 g/mol. The molecule has 0 aromatic heterocycles. The summed E-state index contributed by atoms with van der Waals surface area (Å²) in [4.78, 5) is 10.6. The molecule has 2 aliphatic rings. The third-order valence-corrected chi connectivity index (χ3v) is 4.54. The van der Waals surface area contributed by atoms with Gasteiger partial charge in [0.05, 0.1) is 38.1 Å². The van der Waals surface area contributed by atoms with Crippen LogP contribution in [0.1, 0.15) is 52.7 Å². The van der Waals surface area contributed by atoms with E-state index in [1.807, 2.05) is 0 Å². The van der Waals surface area contributed by atoms with Gasteiger partial charge in [-0.25, -0.2) is 17.6 Å². The van der Waals surface area contributed by atoms with E-state index in [1.165, 1.54) is 6.92 Å². The molecular formula is C22H23BrF4MgO6. The zero-order chi connectivity index (χ0) is 22.5. The molecule has 1 unspecified atom stereocenters. The average molecular weight is 564 g/mol. The zero-order valence-electron chi connectivity index (χ0n) is 18.5. The predicted molar refractivity (Wildman–Crippen MR) is 110 cm³/mol. The SMILES string of the molecule is CC(O)c1c(F)cc(F)cc1C1OCCO1.O=Cc1c(F)cc(F)cc1C1OCCO1.[Br-].[CH3-].[Mg+2]. The van der Waals surface area contributed by atoms with E-state index in [0.717, 1.165) is 18.2 Å². The van der Waals surface area contributed by atoms with Crippen LogP contribution in [0.25, 0.3) is 0 Å². The van der Waals surface area contributed by atoms with Crippen molar-refractivity contribution in [3.05, 3.63) is 77.2 Å². The standard InChI is InChI=1S/C11H12F2O3.C10H8F2O3.CH3.BrH.Mg/c1-6(14)10-8(11-15-2-3-16-11)4-7(12)5-9(10)13;11-6-3-7(10-14-1-2-15-10)8(5-13)9(12)4-6;;;/h4-6,11,14H,2-3H2,1H3;3-5,10H,1-2H2;1H3;1H;/q;;-1;;+2/p-1. The summed E-state index contributed by atoms with van der Waals surface area (Å²) in [7, 11) is 0. The van der Waals surface area contributed by atoms with Crippen molar-refractivity contribution in [1.82, 2.24) is 0 Å². The minimum Gasteiger partial charge on any atom is -1.00 e. The minimum atomic E-state index is -1.04. The van der Waals surface area contributed by atoms with E-state index < -0.39 is 42.0 Å². The first-order chi connectivity index (χ1) is 14.8. The van der Waals surface area contributed by atoms with Gasteiger partial charge >= 0.3 is 23.1 Å². The Morgan fingerprint density at radius 1 is 0.853 bits per heavy atom.